The van der Waals surface area contributed by atoms with Crippen molar-refractivity contribution in [3.05, 3.63) is 109 Å². The number of carbonyl (C=O) groups excluding carboxylic acids is 1. The molecule has 1 fully saturated rings. The fourth-order valence-corrected chi connectivity index (χ4v) is 5.35. The van der Waals surface area contributed by atoms with Gasteiger partial charge in [0.05, 0.1) is 35.7 Å². The molecule has 0 aliphatic carbocycles. The molecule has 0 atom stereocenters. The second-order valence-electron chi connectivity index (χ2n) is 10.4. The topological polar surface area (TPSA) is 94.4 Å². The van der Waals surface area contributed by atoms with E-state index < -0.39 is 0 Å². The van der Waals surface area contributed by atoms with Crippen molar-refractivity contribution in [2.45, 2.75) is 32.4 Å². The molecule has 1 amide bonds. The Morgan fingerprint density at radius 3 is 2.48 bits per heavy atom. The maximum absolute atomic E-state index is 13.8. The van der Waals surface area contributed by atoms with E-state index in [1.807, 2.05) is 60.7 Å². The van der Waals surface area contributed by atoms with Gasteiger partial charge in [-0.25, -0.2) is 24.1 Å². The van der Waals surface area contributed by atoms with Gasteiger partial charge >= 0.3 is 6.09 Å². The molecule has 224 valence electrons. The fourth-order valence-electron chi connectivity index (χ4n) is 5.35. The number of nitrogens with one attached hydrogen (secondary N) is 1. The van der Waals surface area contributed by atoms with Crippen molar-refractivity contribution in [2.75, 3.05) is 25.0 Å². The molecule has 1 saturated heterocycles. The van der Waals surface area contributed by atoms with Crippen LogP contribution in [0.25, 0.3) is 22.6 Å². The Labute approximate surface area is 255 Å². The maximum atomic E-state index is 13.8. The average molecular weight is 593 g/mol. The molecular weight excluding hydrogens is 559 g/mol. The van der Waals surface area contributed by atoms with E-state index in [0.29, 0.717) is 49.4 Å². The van der Waals surface area contributed by atoms with Crippen LogP contribution in [0.3, 0.4) is 0 Å². The molecule has 6 rings (SSSR count). The number of rotatable bonds is 9. The second-order valence-corrected chi connectivity index (χ2v) is 10.4. The van der Waals surface area contributed by atoms with Crippen molar-refractivity contribution in [2.24, 2.45) is 0 Å². The van der Waals surface area contributed by atoms with Gasteiger partial charge in [-0.2, -0.15) is 0 Å². The van der Waals surface area contributed by atoms with Crippen molar-refractivity contribution in [1.82, 2.24) is 24.4 Å². The summed E-state index contributed by atoms with van der Waals surface area (Å²) in [6.07, 6.45) is 4.68. The molecule has 0 spiro atoms. The largest absolute Gasteiger partial charge is 0.487 e. The first-order valence-corrected chi connectivity index (χ1v) is 14.7. The first-order valence-electron chi connectivity index (χ1n) is 14.7. The van der Waals surface area contributed by atoms with E-state index in [9.17, 15) is 9.18 Å². The lowest BCUT2D eigenvalue weighted by atomic mass is 10.0. The van der Waals surface area contributed by atoms with E-state index in [0.717, 1.165) is 35.3 Å². The van der Waals surface area contributed by atoms with Crippen molar-refractivity contribution in [3.63, 3.8) is 0 Å². The SMILES string of the molecule is CCOC(=O)N1CCC(n2cnc(-c3ccc(F)cc3)c2-c2ccnc(Nc3ccccc3OCc3ccccc3)n2)CC1. The Bertz CT molecular complexity index is 1700. The first kappa shape index (κ1) is 28.9. The molecule has 0 bridgehead atoms. The molecule has 1 N–H and O–H groups in total. The minimum absolute atomic E-state index is 0.0795. The van der Waals surface area contributed by atoms with Gasteiger partial charge in [0.1, 0.15) is 18.2 Å². The van der Waals surface area contributed by atoms with Crippen molar-refractivity contribution < 1.29 is 18.7 Å². The number of halogens is 1. The smallest absolute Gasteiger partial charge is 0.409 e. The molecule has 1 aliphatic heterocycles. The summed E-state index contributed by atoms with van der Waals surface area (Å²) in [6.45, 7) is 3.72. The number of likely N-dealkylation sites (tertiary alicyclic amines) is 1. The third kappa shape index (κ3) is 6.54. The summed E-state index contributed by atoms with van der Waals surface area (Å²) >= 11 is 0. The molecule has 1 aliphatic rings. The molecule has 2 aromatic heterocycles. The number of hydrogen-bond donors (Lipinski definition) is 1. The summed E-state index contributed by atoms with van der Waals surface area (Å²) in [5.74, 6) is 0.756. The normalized spacial score (nSPS) is 13.5. The summed E-state index contributed by atoms with van der Waals surface area (Å²) in [5.41, 5.74) is 4.72. The van der Waals surface area contributed by atoms with Gasteiger partial charge in [0.2, 0.25) is 5.95 Å². The molecule has 0 saturated carbocycles. The minimum atomic E-state index is -0.317. The van der Waals surface area contributed by atoms with Crippen LogP contribution in [0.4, 0.5) is 20.8 Å². The number of benzene rings is 3. The number of para-hydroxylation sites is 2. The highest BCUT2D eigenvalue weighted by atomic mass is 19.1. The highest BCUT2D eigenvalue weighted by Crippen LogP contribution is 2.36. The van der Waals surface area contributed by atoms with Gasteiger partial charge in [0.15, 0.2) is 0 Å². The quantitative estimate of drug-likeness (QED) is 0.192. The lowest BCUT2D eigenvalue weighted by Gasteiger charge is -2.32. The second kappa shape index (κ2) is 13.4. The summed E-state index contributed by atoms with van der Waals surface area (Å²) in [6, 6.07) is 25.9. The Morgan fingerprint density at radius 2 is 1.70 bits per heavy atom. The fraction of sp³-hybridized carbons (Fsp3) is 0.235. The zero-order valence-corrected chi connectivity index (χ0v) is 24.4. The molecular formula is C34H33FN6O3. The number of imidazole rings is 1. The van der Waals surface area contributed by atoms with Crippen LogP contribution in [-0.4, -0.2) is 50.2 Å². The third-order valence-corrected chi connectivity index (χ3v) is 7.56. The number of carbonyl (C=O) groups is 1. The molecule has 9 nitrogen and oxygen atoms in total. The molecule has 5 aromatic rings. The number of ether oxygens (including phenoxy) is 2. The third-order valence-electron chi connectivity index (χ3n) is 7.56. The van der Waals surface area contributed by atoms with Gasteiger partial charge in [-0.1, -0.05) is 42.5 Å². The summed E-state index contributed by atoms with van der Waals surface area (Å²) < 4.78 is 27.3. The van der Waals surface area contributed by atoms with Crippen molar-refractivity contribution in [1.29, 1.82) is 0 Å². The summed E-state index contributed by atoms with van der Waals surface area (Å²) in [7, 11) is 0. The van der Waals surface area contributed by atoms with Crippen molar-refractivity contribution in [3.8, 4) is 28.4 Å². The Kier molecular flexibility index (Phi) is 8.77. The number of nitrogens with zero attached hydrogens (tertiary/aromatic N) is 5. The van der Waals surface area contributed by atoms with Gasteiger partial charge in [-0.15, -0.1) is 0 Å². The van der Waals surface area contributed by atoms with E-state index in [1.165, 1.54) is 12.1 Å². The van der Waals surface area contributed by atoms with E-state index in [4.69, 9.17) is 19.4 Å². The molecule has 3 aromatic carbocycles. The molecule has 0 radical (unpaired) electrons. The van der Waals surface area contributed by atoms with Crippen LogP contribution >= 0.6 is 0 Å². The number of hydrogen-bond acceptors (Lipinski definition) is 7. The average Bonchev–Trinajstić information content (AvgIpc) is 3.51. The van der Waals surface area contributed by atoms with Crippen LogP contribution in [0.2, 0.25) is 0 Å². The zero-order valence-electron chi connectivity index (χ0n) is 24.4. The van der Waals surface area contributed by atoms with Crippen LogP contribution in [-0.2, 0) is 11.3 Å². The highest BCUT2D eigenvalue weighted by molar-refractivity contribution is 5.77. The highest BCUT2D eigenvalue weighted by Gasteiger charge is 2.28. The van der Waals surface area contributed by atoms with Gasteiger partial charge in [-0.05, 0) is 67.8 Å². The van der Waals surface area contributed by atoms with E-state index in [-0.39, 0.29) is 18.0 Å². The van der Waals surface area contributed by atoms with E-state index >= 15 is 0 Å². The molecule has 10 heteroatoms. The number of anilines is 2. The van der Waals surface area contributed by atoms with Gasteiger partial charge < -0.3 is 24.3 Å². The standard InChI is InChI=1S/C34H33FN6O3/c1-2-43-34(42)40-20-17-27(18-21-40)41-23-37-31(25-12-14-26(35)15-13-25)32(41)29-16-19-36-33(39-29)38-28-10-6-7-11-30(28)44-22-24-8-4-3-5-9-24/h3-16,19,23,27H,2,17-18,20-22H2,1H3,(H,36,38,39). The Balaban J connectivity index is 1.29. The number of piperidine rings is 1. The van der Waals surface area contributed by atoms with E-state index in [1.54, 1.807) is 36.5 Å². The van der Waals surface area contributed by atoms with Crippen LogP contribution in [0.1, 0.15) is 31.4 Å². The monoisotopic (exact) mass is 592 g/mol. The van der Waals surface area contributed by atoms with Gasteiger partial charge in [-0.3, -0.25) is 0 Å². The molecule has 0 unspecified atom stereocenters. The van der Waals surface area contributed by atoms with Gasteiger partial charge in [0, 0.05) is 30.9 Å². The summed E-state index contributed by atoms with van der Waals surface area (Å²) in [4.78, 5) is 28.2. The minimum Gasteiger partial charge on any atom is -0.487 e. The van der Waals surface area contributed by atoms with Crippen LogP contribution in [0.15, 0.2) is 97.5 Å². The zero-order chi connectivity index (χ0) is 30.3. The lowest BCUT2D eigenvalue weighted by molar-refractivity contribution is 0.0928. The molecule has 3 heterocycles. The van der Waals surface area contributed by atoms with Crippen LogP contribution in [0, 0.1) is 5.82 Å². The summed E-state index contributed by atoms with van der Waals surface area (Å²) in [5, 5.41) is 3.32. The lowest BCUT2D eigenvalue weighted by Crippen LogP contribution is -2.39. The number of amides is 1. The first-order chi connectivity index (χ1) is 21.6. The predicted molar refractivity (Wildman–Crippen MR) is 166 cm³/mol. The van der Waals surface area contributed by atoms with Crippen LogP contribution < -0.4 is 10.1 Å². The van der Waals surface area contributed by atoms with Crippen molar-refractivity contribution >= 4 is 17.7 Å². The number of aromatic nitrogens is 4. The Morgan fingerprint density at radius 1 is 0.955 bits per heavy atom. The maximum Gasteiger partial charge on any atom is 0.409 e. The Hall–Kier alpha value is -5.25. The van der Waals surface area contributed by atoms with E-state index in [2.05, 4.69) is 14.9 Å². The predicted octanol–water partition coefficient (Wildman–Crippen LogP) is 7.26. The molecule has 44 heavy (non-hydrogen) atoms. The van der Waals surface area contributed by atoms with Crippen LogP contribution in [0.5, 0.6) is 5.75 Å². The van der Waals surface area contributed by atoms with Gasteiger partial charge in [0.25, 0.3) is 0 Å².